The van der Waals surface area contributed by atoms with Gasteiger partial charge in [-0.15, -0.1) is 49.6 Å². The lowest BCUT2D eigenvalue weighted by Gasteiger charge is -2.32. The van der Waals surface area contributed by atoms with E-state index in [1.165, 1.54) is 11.1 Å². The third kappa shape index (κ3) is 14.5. The number of rotatable bonds is 6. The molecule has 2 saturated heterocycles. The Kier molecular flexibility index (Phi) is 22.7. The minimum atomic E-state index is -0.865. The highest BCUT2D eigenvalue weighted by atomic mass is 35.5. The van der Waals surface area contributed by atoms with E-state index < -0.39 is 11.9 Å². The predicted octanol–water partition coefficient (Wildman–Crippen LogP) is 3.13. The van der Waals surface area contributed by atoms with Crippen LogP contribution in [-0.2, 0) is 13.1 Å². The van der Waals surface area contributed by atoms with Crippen molar-refractivity contribution in [3.63, 3.8) is 0 Å². The minimum Gasteiger partial charge on any atom is -0.478 e. The summed E-state index contributed by atoms with van der Waals surface area (Å²) in [5.41, 5.74) is 3.07. The second kappa shape index (κ2) is 21.1. The molecule has 13 heteroatoms. The molecule has 4 rings (SSSR count). The standard InChI is InChI=1S/2C13H18N2O2.4ClH.H2O/c2*1-14-6-8-15(9-7-14)10-11-2-4-12(5-3-11)13(16)17;;;;;/h2*2-5H,6-10H2,1H3,(H,16,17);4*1H;1H2. The van der Waals surface area contributed by atoms with Crippen molar-refractivity contribution in [3.8, 4) is 0 Å². The molecule has 224 valence electrons. The third-order valence-corrected chi connectivity index (χ3v) is 6.41. The lowest BCUT2D eigenvalue weighted by Crippen LogP contribution is -2.43. The van der Waals surface area contributed by atoms with Crippen LogP contribution in [0.4, 0.5) is 0 Å². The highest BCUT2D eigenvalue weighted by Gasteiger charge is 2.15. The Balaban J connectivity index is -0.000000589. The van der Waals surface area contributed by atoms with Crippen LogP contribution < -0.4 is 0 Å². The molecule has 0 spiro atoms. The molecule has 2 fully saturated rings. The van der Waals surface area contributed by atoms with Gasteiger partial charge < -0.3 is 25.5 Å². The van der Waals surface area contributed by atoms with Crippen molar-refractivity contribution in [1.82, 2.24) is 19.6 Å². The number of benzene rings is 2. The Hall–Kier alpha value is -1.66. The van der Waals surface area contributed by atoms with E-state index in [4.69, 9.17) is 10.2 Å². The number of hydrogen-bond donors (Lipinski definition) is 2. The van der Waals surface area contributed by atoms with Gasteiger partial charge in [-0.2, -0.15) is 0 Å². The summed E-state index contributed by atoms with van der Waals surface area (Å²) in [6.45, 7) is 10.6. The van der Waals surface area contributed by atoms with E-state index in [1.54, 1.807) is 24.3 Å². The summed E-state index contributed by atoms with van der Waals surface area (Å²) in [5.74, 6) is -1.73. The van der Waals surface area contributed by atoms with Crippen LogP contribution in [0, 0.1) is 0 Å². The zero-order chi connectivity index (χ0) is 24.5. The smallest absolute Gasteiger partial charge is 0.335 e. The van der Waals surface area contributed by atoms with Crippen molar-refractivity contribution in [1.29, 1.82) is 0 Å². The number of carboxylic acids is 2. The van der Waals surface area contributed by atoms with Crippen LogP contribution in [0.1, 0.15) is 31.8 Å². The van der Waals surface area contributed by atoms with E-state index >= 15 is 0 Å². The monoisotopic (exact) mass is 630 g/mol. The molecule has 2 aliphatic heterocycles. The largest absolute Gasteiger partial charge is 0.478 e. The molecule has 0 radical (unpaired) electrons. The first kappa shape index (κ1) is 41.8. The number of nitrogens with zero attached hydrogens (tertiary/aromatic N) is 4. The van der Waals surface area contributed by atoms with Crippen LogP contribution in [-0.4, -0.2) is 114 Å². The van der Waals surface area contributed by atoms with E-state index in [0.717, 1.165) is 65.4 Å². The molecule has 4 N–H and O–H groups in total. The van der Waals surface area contributed by atoms with Gasteiger partial charge in [-0.1, -0.05) is 24.3 Å². The van der Waals surface area contributed by atoms with Gasteiger partial charge in [-0.3, -0.25) is 9.80 Å². The molecular formula is C26H42Cl4N4O5. The quantitative estimate of drug-likeness (QED) is 0.499. The second-order valence-corrected chi connectivity index (χ2v) is 9.16. The van der Waals surface area contributed by atoms with Crippen LogP contribution >= 0.6 is 49.6 Å². The van der Waals surface area contributed by atoms with Crippen LogP contribution in [0.15, 0.2) is 48.5 Å². The number of aromatic carboxylic acids is 2. The lowest BCUT2D eigenvalue weighted by atomic mass is 10.1. The van der Waals surface area contributed by atoms with E-state index in [-0.39, 0.29) is 55.1 Å². The molecule has 2 aliphatic rings. The molecule has 9 nitrogen and oxygen atoms in total. The topological polar surface area (TPSA) is 119 Å². The van der Waals surface area contributed by atoms with Crippen LogP contribution in [0.25, 0.3) is 0 Å². The minimum absolute atomic E-state index is 0. The average molecular weight is 632 g/mol. The van der Waals surface area contributed by atoms with Gasteiger partial charge in [0.2, 0.25) is 0 Å². The van der Waals surface area contributed by atoms with Gasteiger partial charge in [-0.25, -0.2) is 9.59 Å². The molecule has 0 aromatic heterocycles. The maximum Gasteiger partial charge on any atom is 0.335 e. The summed E-state index contributed by atoms with van der Waals surface area (Å²) in [6, 6.07) is 14.3. The molecule has 0 unspecified atom stereocenters. The van der Waals surface area contributed by atoms with Crippen molar-refractivity contribution in [2.24, 2.45) is 0 Å². The van der Waals surface area contributed by atoms with Crippen molar-refractivity contribution < 1.29 is 25.3 Å². The van der Waals surface area contributed by atoms with E-state index in [1.807, 2.05) is 24.3 Å². The second-order valence-electron chi connectivity index (χ2n) is 9.16. The molecule has 0 bridgehead atoms. The van der Waals surface area contributed by atoms with Gasteiger partial charge in [0.1, 0.15) is 0 Å². The van der Waals surface area contributed by atoms with E-state index in [9.17, 15) is 9.59 Å². The molecule has 2 aromatic carbocycles. The zero-order valence-corrected chi connectivity index (χ0v) is 25.6. The summed E-state index contributed by atoms with van der Waals surface area (Å²) < 4.78 is 0. The van der Waals surface area contributed by atoms with Crippen molar-refractivity contribution in [3.05, 3.63) is 70.8 Å². The summed E-state index contributed by atoms with van der Waals surface area (Å²) in [5, 5.41) is 17.6. The molecule has 2 heterocycles. The van der Waals surface area contributed by atoms with Gasteiger partial charge in [0.05, 0.1) is 11.1 Å². The predicted molar refractivity (Wildman–Crippen MR) is 165 cm³/mol. The highest BCUT2D eigenvalue weighted by molar-refractivity contribution is 5.88. The highest BCUT2D eigenvalue weighted by Crippen LogP contribution is 2.11. The number of likely N-dealkylation sites (N-methyl/N-ethyl adjacent to an activating group) is 2. The Morgan fingerprint density at radius 3 is 1.05 bits per heavy atom. The first-order chi connectivity index (χ1) is 16.3. The maximum atomic E-state index is 10.7. The fraction of sp³-hybridized carbons (Fsp3) is 0.462. The molecule has 0 saturated carbocycles. The molecular weight excluding hydrogens is 590 g/mol. The Morgan fingerprint density at radius 2 is 0.821 bits per heavy atom. The van der Waals surface area contributed by atoms with Crippen molar-refractivity contribution in [2.45, 2.75) is 13.1 Å². The van der Waals surface area contributed by atoms with Gasteiger partial charge in [0.15, 0.2) is 0 Å². The number of carbonyl (C=O) groups is 2. The molecule has 0 amide bonds. The molecule has 0 aliphatic carbocycles. The summed E-state index contributed by atoms with van der Waals surface area (Å²) in [4.78, 5) is 30.9. The van der Waals surface area contributed by atoms with Gasteiger partial charge in [0, 0.05) is 65.4 Å². The maximum absolute atomic E-state index is 10.7. The summed E-state index contributed by atoms with van der Waals surface area (Å²) in [7, 11) is 4.28. The number of piperazine rings is 2. The van der Waals surface area contributed by atoms with Gasteiger partial charge in [-0.05, 0) is 49.5 Å². The normalized spacial score (nSPS) is 15.8. The Labute approximate surface area is 256 Å². The van der Waals surface area contributed by atoms with Gasteiger partial charge in [0.25, 0.3) is 0 Å². The van der Waals surface area contributed by atoms with Crippen LogP contribution in [0.3, 0.4) is 0 Å². The van der Waals surface area contributed by atoms with Crippen molar-refractivity contribution in [2.75, 3.05) is 66.5 Å². The number of carboxylic acid groups (broad SMARTS) is 2. The number of halogens is 4. The Bertz CT molecular complexity index is 861. The summed E-state index contributed by atoms with van der Waals surface area (Å²) >= 11 is 0. The SMILES string of the molecule is CN1CCN(Cc2ccc(C(=O)O)cc2)CC1.CN1CCN(Cc2ccc(C(=O)O)cc2)CC1.Cl.Cl.Cl.Cl.O. The zero-order valence-electron chi connectivity index (χ0n) is 22.3. The number of hydrogen-bond acceptors (Lipinski definition) is 6. The van der Waals surface area contributed by atoms with Crippen LogP contribution in [0.2, 0.25) is 0 Å². The lowest BCUT2D eigenvalue weighted by molar-refractivity contribution is 0.0686. The Morgan fingerprint density at radius 1 is 0.564 bits per heavy atom. The van der Waals surface area contributed by atoms with Gasteiger partial charge >= 0.3 is 11.9 Å². The van der Waals surface area contributed by atoms with E-state index in [2.05, 4.69) is 33.7 Å². The molecule has 0 atom stereocenters. The van der Waals surface area contributed by atoms with Crippen molar-refractivity contribution >= 4 is 61.6 Å². The van der Waals surface area contributed by atoms with E-state index in [0.29, 0.717) is 11.1 Å². The van der Waals surface area contributed by atoms with Crippen LogP contribution in [0.5, 0.6) is 0 Å². The fourth-order valence-corrected chi connectivity index (χ4v) is 4.03. The first-order valence-electron chi connectivity index (χ1n) is 11.8. The summed E-state index contributed by atoms with van der Waals surface area (Å²) in [6.07, 6.45) is 0. The third-order valence-electron chi connectivity index (χ3n) is 6.41. The average Bonchev–Trinajstić information content (AvgIpc) is 2.83. The fourth-order valence-electron chi connectivity index (χ4n) is 4.03. The first-order valence-corrected chi connectivity index (χ1v) is 11.8. The molecule has 2 aromatic rings. The molecule has 39 heavy (non-hydrogen) atoms.